The molecule has 0 aliphatic carbocycles. The van der Waals surface area contributed by atoms with Crippen molar-refractivity contribution in [3.8, 4) is 0 Å². The average molecular weight is 240 g/mol. The molecule has 1 aromatic rings. The van der Waals surface area contributed by atoms with Crippen LogP contribution < -0.4 is 10.6 Å². The number of carbonyl (C=O) groups excluding carboxylic acids is 1. The largest absolute Gasteiger partial charge is 0.322 e. The Labute approximate surface area is 99.4 Å². The molecule has 2 heterocycles. The molecule has 2 N–H and O–H groups in total. The first-order chi connectivity index (χ1) is 7.62. The summed E-state index contributed by atoms with van der Waals surface area (Å²) in [4.78, 5) is 16.0. The predicted molar refractivity (Wildman–Crippen MR) is 63.5 cm³/mol. The second-order valence-electron chi connectivity index (χ2n) is 4.17. The lowest BCUT2D eigenvalue weighted by Gasteiger charge is -2.23. The number of nitrogens with one attached hydrogen (secondary N) is 2. The van der Waals surface area contributed by atoms with Gasteiger partial charge in [0.1, 0.15) is 0 Å². The first kappa shape index (κ1) is 11.4. The first-order valence-corrected chi connectivity index (χ1v) is 5.66. The van der Waals surface area contributed by atoms with Crippen LogP contribution in [0, 0.1) is 0 Å². The van der Waals surface area contributed by atoms with Gasteiger partial charge in [-0.3, -0.25) is 9.78 Å². The molecule has 4 nitrogen and oxygen atoms in total. The van der Waals surface area contributed by atoms with Gasteiger partial charge in [-0.2, -0.15) is 0 Å². The number of amides is 1. The van der Waals surface area contributed by atoms with Gasteiger partial charge in [0, 0.05) is 6.20 Å². The maximum atomic E-state index is 12.0. The Hall–Kier alpha value is -1.13. The van der Waals surface area contributed by atoms with Gasteiger partial charge in [-0.25, -0.2) is 0 Å². The van der Waals surface area contributed by atoms with Crippen molar-refractivity contribution in [2.45, 2.75) is 25.3 Å². The second kappa shape index (κ2) is 4.39. The van der Waals surface area contributed by atoms with Crippen molar-refractivity contribution in [3.63, 3.8) is 0 Å². The molecular formula is C11H14ClN3O. The van der Waals surface area contributed by atoms with Crippen LogP contribution in [0.3, 0.4) is 0 Å². The Bertz CT molecular complexity index is 402. The number of hydrogen-bond acceptors (Lipinski definition) is 3. The number of aromatic nitrogens is 1. The Kier molecular flexibility index (Phi) is 3.12. The van der Waals surface area contributed by atoms with E-state index in [9.17, 15) is 4.79 Å². The van der Waals surface area contributed by atoms with E-state index < -0.39 is 5.54 Å². The minimum absolute atomic E-state index is 0.0556. The Morgan fingerprint density at radius 3 is 3.12 bits per heavy atom. The lowest BCUT2D eigenvalue weighted by atomic mass is 9.99. The molecule has 0 bridgehead atoms. The van der Waals surface area contributed by atoms with Gasteiger partial charge in [-0.1, -0.05) is 11.6 Å². The van der Waals surface area contributed by atoms with E-state index in [1.54, 1.807) is 18.5 Å². The molecule has 1 atom stereocenters. The van der Waals surface area contributed by atoms with Gasteiger partial charge in [-0.15, -0.1) is 0 Å². The molecule has 16 heavy (non-hydrogen) atoms. The van der Waals surface area contributed by atoms with Crippen molar-refractivity contribution in [1.82, 2.24) is 10.3 Å². The summed E-state index contributed by atoms with van der Waals surface area (Å²) in [6.45, 7) is 2.78. The fourth-order valence-electron chi connectivity index (χ4n) is 1.82. The molecule has 1 aliphatic heterocycles. The van der Waals surface area contributed by atoms with E-state index in [2.05, 4.69) is 15.6 Å². The summed E-state index contributed by atoms with van der Waals surface area (Å²) in [7, 11) is 0. The molecule has 5 heteroatoms. The standard InChI is InChI=1S/C11H14ClN3O/c1-11(4-2-5-14-11)10(16)15-9-7-13-6-3-8(9)12/h3,6-7,14H,2,4-5H2,1H3,(H,15,16). The molecule has 0 spiro atoms. The molecule has 0 saturated carbocycles. The summed E-state index contributed by atoms with van der Waals surface area (Å²) in [5, 5.41) is 6.50. The van der Waals surface area contributed by atoms with E-state index in [-0.39, 0.29) is 5.91 Å². The van der Waals surface area contributed by atoms with Crippen molar-refractivity contribution in [3.05, 3.63) is 23.5 Å². The maximum absolute atomic E-state index is 12.0. The van der Waals surface area contributed by atoms with E-state index >= 15 is 0 Å². The summed E-state index contributed by atoms with van der Waals surface area (Å²) in [5.74, 6) is -0.0556. The summed E-state index contributed by atoms with van der Waals surface area (Å²) < 4.78 is 0. The van der Waals surface area contributed by atoms with Crippen molar-refractivity contribution >= 4 is 23.2 Å². The Balaban J connectivity index is 2.10. The monoisotopic (exact) mass is 239 g/mol. The summed E-state index contributed by atoms with van der Waals surface area (Å²) in [6.07, 6.45) is 5.01. The highest BCUT2D eigenvalue weighted by Gasteiger charge is 2.36. The topological polar surface area (TPSA) is 54.0 Å². The number of halogens is 1. The summed E-state index contributed by atoms with van der Waals surface area (Å²) in [6, 6.07) is 1.65. The molecular weight excluding hydrogens is 226 g/mol. The summed E-state index contributed by atoms with van der Waals surface area (Å²) >= 11 is 5.95. The smallest absolute Gasteiger partial charge is 0.244 e. The van der Waals surface area contributed by atoms with Gasteiger partial charge in [-0.05, 0) is 32.4 Å². The normalized spacial score (nSPS) is 24.4. The van der Waals surface area contributed by atoms with Crippen LogP contribution in [0.2, 0.25) is 5.02 Å². The lowest BCUT2D eigenvalue weighted by Crippen LogP contribution is -2.48. The van der Waals surface area contributed by atoms with Crippen molar-refractivity contribution in [2.24, 2.45) is 0 Å². The van der Waals surface area contributed by atoms with Crippen molar-refractivity contribution < 1.29 is 4.79 Å². The van der Waals surface area contributed by atoms with Crippen molar-refractivity contribution in [2.75, 3.05) is 11.9 Å². The van der Waals surface area contributed by atoms with E-state index in [0.717, 1.165) is 19.4 Å². The number of hydrogen-bond donors (Lipinski definition) is 2. The van der Waals surface area contributed by atoms with Gasteiger partial charge in [0.25, 0.3) is 0 Å². The third kappa shape index (κ3) is 2.18. The molecule has 0 radical (unpaired) electrons. The van der Waals surface area contributed by atoms with Crippen LogP contribution in [0.4, 0.5) is 5.69 Å². The van der Waals surface area contributed by atoms with Crippen LogP contribution in [0.15, 0.2) is 18.5 Å². The van der Waals surface area contributed by atoms with Crippen LogP contribution in [0.5, 0.6) is 0 Å². The third-order valence-electron chi connectivity index (χ3n) is 2.89. The third-order valence-corrected chi connectivity index (χ3v) is 3.22. The van der Waals surface area contributed by atoms with E-state index in [1.165, 1.54) is 0 Å². The zero-order chi connectivity index (χ0) is 11.6. The maximum Gasteiger partial charge on any atom is 0.244 e. The second-order valence-corrected chi connectivity index (χ2v) is 4.58. The molecule has 2 rings (SSSR count). The van der Waals surface area contributed by atoms with Crippen LogP contribution in [-0.4, -0.2) is 23.0 Å². The lowest BCUT2D eigenvalue weighted by molar-refractivity contribution is -0.121. The van der Waals surface area contributed by atoms with Crippen LogP contribution in [0.1, 0.15) is 19.8 Å². The molecule has 0 aromatic carbocycles. The van der Waals surface area contributed by atoms with Crippen LogP contribution in [-0.2, 0) is 4.79 Å². The quantitative estimate of drug-likeness (QED) is 0.828. The highest BCUT2D eigenvalue weighted by Crippen LogP contribution is 2.24. The molecule has 1 amide bonds. The van der Waals surface area contributed by atoms with E-state index in [1.807, 2.05) is 6.92 Å². The number of anilines is 1. The number of nitrogens with zero attached hydrogens (tertiary/aromatic N) is 1. The zero-order valence-corrected chi connectivity index (χ0v) is 9.84. The summed E-state index contributed by atoms with van der Waals surface area (Å²) in [5.41, 5.74) is 0.0724. The minimum Gasteiger partial charge on any atom is -0.322 e. The highest BCUT2D eigenvalue weighted by molar-refractivity contribution is 6.33. The Morgan fingerprint density at radius 1 is 1.69 bits per heavy atom. The molecule has 86 valence electrons. The SMILES string of the molecule is CC1(C(=O)Nc2cnccc2Cl)CCCN1. The Morgan fingerprint density at radius 2 is 2.50 bits per heavy atom. The fourth-order valence-corrected chi connectivity index (χ4v) is 1.97. The number of rotatable bonds is 2. The van der Waals surface area contributed by atoms with Gasteiger partial charge < -0.3 is 10.6 Å². The van der Waals surface area contributed by atoms with E-state index in [4.69, 9.17) is 11.6 Å². The van der Waals surface area contributed by atoms with E-state index in [0.29, 0.717) is 10.7 Å². The highest BCUT2D eigenvalue weighted by atomic mass is 35.5. The van der Waals surface area contributed by atoms with Gasteiger partial charge in [0.05, 0.1) is 22.4 Å². The fraction of sp³-hybridized carbons (Fsp3) is 0.455. The van der Waals surface area contributed by atoms with Gasteiger partial charge >= 0.3 is 0 Å². The average Bonchev–Trinajstić information content (AvgIpc) is 2.70. The predicted octanol–water partition coefficient (Wildman–Crippen LogP) is 1.82. The van der Waals surface area contributed by atoms with Gasteiger partial charge in [0.2, 0.25) is 5.91 Å². The molecule has 1 fully saturated rings. The number of pyridine rings is 1. The van der Waals surface area contributed by atoms with Crippen LogP contribution >= 0.6 is 11.6 Å². The first-order valence-electron chi connectivity index (χ1n) is 5.28. The van der Waals surface area contributed by atoms with Gasteiger partial charge in [0.15, 0.2) is 0 Å². The zero-order valence-electron chi connectivity index (χ0n) is 9.09. The van der Waals surface area contributed by atoms with Crippen molar-refractivity contribution in [1.29, 1.82) is 0 Å². The molecule has 1 saturated heterocycles. The molecule has 1 aromatic heterocycles. The minimum atomic E-state index is -0.487. The number of carbonyl (C=O) groups is 1. The molecule has 1 aliphatic rings. The van der Waals surface area contributed by atoms with Crippen LogP contribution in [0.25, 0.3) is 0 Å². The molecule has 1 unspecified atom stereocenters.